The first kappa shape index (κ1) is 25.1. The smallest absolute Gasteiger partial charge is 0.343 e. The number of ether oxygens (including phenoxy) is 2. The first-order valence-electron chi connectivity index (χ1n) is 10.4. The topological polar surface area (TPSA) is 116 Å². The molecule has 0 aliphatic carbocycles. The zero-order chi connectivity index (χ0) is 25.8. The number of methoxy groups -OCH3 is 1. The number of para-hydroxylation sites is 1. The molecule has 0 spiro atoms. The van der Waals surface area contributed by atoms with E-state index in [9.17, 15) is 24.5 Å². The van der Waals surface area contributed by atoms with Crippen molar-refractivity contribution in [2.75, 3.05) is 7.11 Å². The Balaban J connectivity index is 1.58. The number of carbonyl (C=O) groups is 3. The van der Waals surface area contributed by atoms with Crippen molar-refractivity contribution < 1.29 is 28.8 Å². The van der Waals surface area contributed by atoms with E-state index in [2.05, 4.69) is 15.9 Å². The van der Waals surface area contributed by atoms with Crippen LogP contribution < -0.4 is 9.47 Å². The molecule has 0 unspecified atom stereocenters. The van der Waals surface area contributed by atoms with Crippen LogP contribution in [-0.2, 0) is 11.3 Å². The SMILES string of the molecule is COc1cc(/C=C2\SC(=O)N(Cc3ccccc3[N+](=O)[O-])C2=O)cc(Br)c1OC(=O)c1ccccc1. The minimum absolute atomic E-state index is 0.140. The van der Waals surface area contributed by atoms with Gasteiger partial charge in [-0.3, -0.25) is 24.6 Å². The van der Waals surface area contributed by atoms with Crippen LogP contribution in [0.3, 0.4) is 0 Å². The summed E-state index contributed by atoms with van der Waals surface area (Å²) in [5.74, 6) is -0.747. The van der Waals surface area contributed by atoms with E-state index in [1.165, 1.54) is 31.4 Å². The molecule has 2 amide bonds. The quantitative estimate of drug-likeness (QED) is 0.115. The van der Waals surface area contributed by atoms with Crippen LogP contribution in [0.5, 0.6) is 11.5 Å². The number of nitrogens with zero attached hydrogens (tertiary/aromatic N) is 2. The highest BCUT2D eigenvalue weighted by atomic mass is 79.9. The van der Waals surface area contributed by atoms with Gasteiger partial charge in [0.1, 0.15) is 0 Å². The average Bonchev–Trinajstić information content (AvgIpc) is 3.13. The second-order valence-electron chi connectivity index (χ2n) is 7.44. The van der Waals surface area contributed by atoms with Crippen LogP contribution in [0, 0.1) is 10.1 Å². The summed E-state index contributed by atoms with van der Waals surface area (Å²) in [7, 11) is 1.41. The van der Waals surface area contributed by atoms with E-state index < -0.39 is 22.0 Å². The molecule has 1 aliphatic heterocycles. The molecule has 1 aliphatic rings. The number of carbonyl (C=O) groups excluding carboxylic acids is 3. The molecule has 36 heavy (non-hydrogen) atoms. The van der Waals surface area contributed by atoms with Crippen LogP contribution >= 0.6 is 27.7 Å². The second kappa shape index (κ2) is 10.8. The third kappa shape index (κ3) is 5.31. The summed E-state index contributed by atoms with van der Waals surface area (Å²) >= 11 is 4.10. The van der Waals surface area contributed by atoms with Crippen molar-refractivity contribution in [3.05, 3.63) is 103 Å². The van der Waals surface area contributed by atoms with Gasteiger partial charge in [-0.05, 0) is 63.6 Å². The van der Waals surface area contributed by atoms with E-state index in [0.29, 0.717) is 15.6 Å². The monoisotopic (exact) mass is 568 g/mol. The third-order valence-electron chi connectivity index (χ3n) is 5.14. The van der Waals surface area contributed by atoms with Gasteiger partial charge in [-0.25, -0.2) is 4.79 Å². The third-order valence-corrected chi connectivity index (χ3v) is 6.64. The number of hydrogen-bond donors (Lipinski definition) is 0. The Labute approximate surface area is 218 Å². The largest absolute Gasteiger partial charge is 0.493 e. The van der Waals surface area contributed by atoms with Crippen LogP contribution in [0.1, 0.15) is 21.5 Å². The molecule has 3 aromatic rings. The van der Waals surface area contributed by atoms with E-state index in [1.54, 1.807) is 48.5 Å². The van der Waals surface area contributed by atoms with E-state index >= 15 is 0 Å². The van der Waals surface area contributed by atoms with Crippen molar-refractivity contribution in [3.63, 3.8) is 0 Å². The maximum Gasteiger partial charge on any atom is 0.343 e. The maximum absolute atomic E-state index is 12.9. The van der Waals surface area contributed by atoms with Gasteiger partial charge in [-0.2, -0.15) is 0 Å². The summed E-state index contributed by atoms with van der Waals surface area (Å²) in [5.41, 5.74) is 0.951. The molecule has 0 saturated carbocycles. The highest BCUT2D eigenvalue weighted by molar-refractivity contribution is 9.10. The normalized spacial score (nSPS) is 14.3. The summed E-state index contributed by atoms with van der Waals surface area (Å²) in [6.45, 7) is -0.222. The number of benzene rings is 3. The van der Waals surface area contributed by atoms with Gasteiger partial charge in [0.05, 0.1) is 33.5 Å². The Morgan fingerprint density at radius 3 is 2.50 bits per heavy atom. The highest BCUT2D eigenvalue weighted by Gasteiger charge is 2.36. The number of nitro benzene ring substituents is 1. The molecule has 0 N–H and O–H groups in total. The van der Waals surface area contributed by atoms with Gasteiger partial charge in [0.2, 0.25) is 0 Å². The second-order valence-corrected chi connectivity index (χ2v) is 9.29. The lowest BCUT2D eigenvalue weighted by atomic mass is 10.1. The van der Waals surface area contributed by atoms with Gasteiger partial charge < -0.3 is 9.47 Å². The summed E-state index contributed by atoms with van der Waals surface area (Å²) in [6.07, 6.45) is 1.50. The van der Waals surface area contributed by atoms with Crippen LogP contribution in [0.2, 0.25) is 0 Å². The maximum atomic E-state index is 12.9. The van der Waals surface area contributed by atoms with Gasteiger partial charge >= 0.3 is 5.97 Å². The number of thioether (sulfide) groups is 1. The summed E-state index contributed by atoms with van der Waals surface area (Å²) in [5, 5.41) is 10.7. The standard InChI is InChI=1S/C25H17BrN2O7S/c1-34-20-12-15(11-18(26)22(20)35-24(30)16-7-3-2-4-8-16)13-21-23(29)27(25(31)36-21)14-17-9-5-6-10-19(17)28(32)33/h2-13H,14H2,1H3/b21-13-. The first-order valence-corrected chi connectivity index (χ1v) is 12.0. The van der Waals surface area contributed by atoms with E-state index in [1.807, 2.05) is 0 Å². The molecule has 1 fully saturated rings. The van der Waals surface area contributed by atoms with Crippen molar-refractivity contribution in [1.29, 1.82) is 0 Å². The molecule has 0 atom stereocenters. The number of rotatable bonds is 7. The number of esters is 1. The fourth-order valence-electron chi connectivity index (χ4n) is 3.43. The van der Waals surface area contributed by atoms with Crippen LogP contribution in [0.15, 0.2) is 76.1 Å². The van der Waals surface area contributed by atoms with Crippen LogP contribution in [-0.4, -0.2) is 34.0 Å². The molecule has 1 heterocycles. The van der Waals surface area contributed by atoms with Crippen LogP contribution in [0.4, 0.5) is 10.5 Å². The molecule has 11 heteroatoms. The van der Waals surface area contributed by atoms with E-state index in [0.717, 1.165) is 16.7 Å². The minimum Gasteiger partial charge on any atom is -0.493 e. The van der Waals surface area contributed by atoms with Crippen molar-refractivity contribution in [2.45, 2.75) is 6.54 Å². The Morgan fingerprint density at radius 1 is 1.11 bits per heavy atom. The van der Waals surface area contributed by atoms with Crippen molar-refractivity contribution in [3.8, 4) is 11.5 Å². The summed E-state index contributed by atoms with van der Waals surface area (Å²) in [4.78, 5) is 49.8. The zero-order valence-corrected chi connectivity index (χ0v) is 21.1. The molecule has 4 rings (SSSR count). The molecule has 182 valence electrons. The lowest BCUT2D eigenvalue weighted by Crippen LogP contribution is -2.27. The number of amides is 2. The first-order chi connectivity index (χ1) is 17.3. The number of nitro groups is 1. The van der Waals surface area contributed by atoms with Gasteiger partial charge in [0.15, 0.2) is 11.5 Å². The van der Waals surface area contributed by atoms with Crippen molar-refractivity contribution >= 4 is 56.6 Å². The lowest BCUT2D eigenvalue weighted by Gasteiger charge is -2.13. The molecule has 0 radical (unpaired) electrons. The summed E-state index contributed by atoms with van der Waals surface area (Å²) < 4.78 is 11.3. The molecule has 1 saturated heterocycles. The molecule has 9 nitrogen and oxygen atoms in total. The fraction of sp³-hybridized carbons (Fsp3) is 0.0800. The zero-order valence-electron chi connectivity index (χ0n) is 18.7. The predicted molar refractivity (Wildman–Crippen MR) is 137 cm³/mol. The summed E-state index contributed by atoms with van der Waals surface area (Å²) in [6, 6.07) is 17.6. The molecule has 0 bridgehead atoms. The van der Waals surface area contributed by atoms with Gasteiger partial charge in [0, 0.05) is 11.6 Å². The Hall–Kier alpha value is -3.96. The Kier molecular flexibility index (Phi) is 7.51. The molecular formula is C25H17BrN2O7S. The van der Waals surface area contributed by atoms with Gasteiger partial charge in [-0.15, -0.1) is 0 Å². The average molecular weight is 569 g/mol. The molecule has 3 aromatic carbocycles. The van der Waals surface area contributed by atoms with Gasteiger partial charge in [0.25, 0.3) is 16.8 Å². The minimum atomic E-state index is -0.571. The number of hydrogen-bond acceptors (Lipinski definition) is 8. The number of halogens is 1. The molecular weight excluding hydrogens is 552 g/mol. The van der Waals surface area contributed by atoms with E-state index in [-0.39, 0.29) is 34.2 Å². The Morgan fingerprint density at radius 2 is 1.81 bits per heavy atom. The lowest BCUT2D eigenvalue weighted by molar-refractivity contribution is -0.385. The van der Waals surface area contributed by atoms with Gasteiger partial charge in [-0.1, -0.05) is 36.4 Å². The highest BCUT2D eigenvalue weighted by Crippen LogP contribution is 2.40. The number of imide groups is 1. The van der Waals surface area contributed by atoms with Crippen molar-refractivity contribution in [1.82, 2.24) is 4.90 Å². The van der Waals surface area contributed by atoms with Crippen LogP contribution in [0.25, 0.3) is 6.08 Å². The van der Waals surface area contributed by atoms with E-state index in [4.69, 9.17) is 9.47 Å². The predicted octanol–water partition coefficient (Wildman–Crippen LogP) is 5.82. The Bertz CT molecular complexity index is 1410. The fourth-order valence-corrected chi connectivity index (χ4v) is 4.81. The molecule has 0 aromatic heterocycles. The van der Waals surface area contributed by atoms with Crippen molar-refractivity contribution in [2.24, 2.45) is 0 Å².